The summed E-state index contributed by atoms with van der Waals surface area (Å²) in [6, 6.07) is -1.03. The van der Waals surface area contributed by atoms with E-state index in [9.17, 15) is 19.2 Å². The fourth-order valence-electron chi connectivity index (χ4n) is 1.62. The van der Waals surface area contributed by atoms with Crippen LogP contribution in [0.25, 0.3) is 0 Å². The molecule has 0 bridgehead atoms. The van der Waals surface area contributed by atoms with Gasteiger partial charge in [0.15, 0.2) is 6.10 Å². The Morgan fingerprint density at radius 1 is 1.23 bits per heavy atom. The predicted octanol–water partition coefficient (Wildman–Crippen LogP) is 1.06. The summed E-state index contributed by atoms with van der Waals surface area (Å²) in [5, 5.41) is 4.73. The molecule has 1 aromatic rings. The van der Waals surface area contributed by atoms with E-state index in [1.807, 2.05) is 5.32 Å². The molecule has 0 aliphatic rings. The van der Waals surface area contributed by atoms with E-state index in [1.54, 1.807) is 13.8 Å². The molecule has 1 rings (SSSR count). The summed E-state index contributed by atoms with van der Waals surface area (Å²) in [7, 11) is 0. The number of imide groups is 1. The van der Waals surface area contributed by atoms with Gasteiger partial charge in [0, 0.05) is 11.8 Å². The Balaban J connectivity index is 2.96. The first-order chi connectivity index (χ1) is 10.1. The van der Waals surface area contributed by atoms with Gasteiger partial charge >= 0.3 is 12.0 Å². The first-order valence-corrected chi connectivity index (χ1v) is 7.14. The molecule has 9 heteroatoms. The third kappa shape index (κ3) is 4.29. The second-order valence-electron chi connectivity index (χ2n) is 4.57. The van der Waals surface area contributed by atoms with Gasteiger partial charge in [0.2, 0.25) is 5.91 Å². The number of carbonyl (C=O) groups excluding carboxylic acids is 4. The van der Waals surface area contributed by atoms with Crippen LogP contribution in [0.4, 0.5) is 9.80 Å². The molecule has 120 valence electrons. The van der Waals surface area contributed by atoms with Crippen LogP contribution in [-0.2, 0) is 14.3 Å². The van der Waals surface area contributed by atoms with Crippen molar-refractivity contribution >= 4 is 40.2 Å². The molecule has 1 atom stereocenters. The maximum Gasteiger partial charge on any atom is 0.342 e. The van der Waals surface area contributed by atoms with Crippen LogP contribution in [0.5, 0.6) is 0 Å². The van der Waals surface area contributed by atoms with Crippen molar-refractivity contribution in [1.29, 1.82) is 0 Å². The summed E-state index contributed by atoms with van der Waals surface area (Å²) in [6.45, 7) is 6.14. The molecule has 22 heavy (non-hydrogen) atoms. The van der Waals surface area contributed by atoms with Crippen molar-refractivity contribution in [1.82, 2.24) is 5.32 Å². The third-order valence-electron chi connectivity index (χ3n) is 2.78. The van der Waals surface area contributed by atoms with Gasteiger partial charge in [-0.3, -0.25) is 14.9 Å². The fraction of sp³-hybridized carbons (Fsp3) is 0.385. The van der Waals surface area contributed by atoms with E-state index >= 15 is 0 Å². The predicted molar refractivity (Wildman–Crippen MR) is 80.7 cm³/mol. The number of nitrogens with two attached hydrogens (primary N) is 1. The van der Waals surface area contributed by atoms with E-state index in [1.165, 1.54) is 25.2 Å². The van der Waals surface area contributed by atoms with Crippen molar-refractivity contribution in [2.24, 2.45) is 5.73 Å². The van der Waals surface area contributed by atoms with Crippen LogP contribution in [0.3, 0.4) is 0 Å². The average molecular weight is 327 g/mol. The summed E-state index contributed by atoms with van der Waals surface area (Å²) in [4.78, 5) is 46.4. The highest BCUT2D eigenvalue weighted by Gasteiger charge is 2.25. The highest BCUT2D eigenvalue weighted by atomic mass is 32.1. The van der Waals surface area contributed by atoms with E-state index in [0.717, 1.165) is 4.88 Å². The lowest BCUT2D eigenvalue weighted by molar-refractivity contribution is -0.127. The van der Waals surface area contributed by atoms with E-state index < -0.39 is 24.0 Å². The molecule has 0 unspecified atom stereocenters. The lowest BCUT2D eigenvalue weighted by Gasteiger charge is -2.13. The quantitative estimate of drug-likeness (QED) is 0.713. The molecule has 1 aromatic heterocycles. The Labute approximate surface area is 131 Å². The van der Waals surface area contributed by atoms with Crippen molar-refractivity contribution in [3.05, 3.63) is 16.0 Å². The number of hydrogen-bond acceptors (Lipinski definition) is 6. The molecular weight excluding hydrogens is 310 g/mol. The minimum Gasteiger partial charge on any atom is -0.449 e. The van der Waals surface area contributed by atoms with Crippen LogP contribution in [0, 0.1) is 13.8 Å². The van der Waals surface area contributed by atoms with Crippen molar-refractivity contribution < 1.29 is 23.9 Å². The van der Waals surface area contributed by atoms with Gasteiger partial charge in [-0.15, -0.1) is 11.3 Å². The number of aryl methyl sites for hydroxylation is 1. The zero-order valence-electron chi connectivity index (χ0n) is 12.6. The highest BCUT2D eigenvalue weighted by Crippen LogP contribution is 2.33. The summed E-state index contributed by atoms with van der Waals surface area (Å²) in [5.41, 5.74) is 5.67. The maximum atomic E-state index is 12.2. The molecular formula is C13H17N3O5S. The zero-order chi connectivity index (χ0) is 17.0. The summed E-state index contributed by atoms with van der Waals surface area (Å²) in [5.74, 6) is -1.92. The van der Waals surface area contributed by atoms with Gasteiger partial charge in [-0.25, -0.2) is 9.59 Å². The van der Waals surface area contributed by atoms with E-state index in [-0.39, 0.29) is 11.5 Å². The second-order valence-corrected chi connectivity index (χ2v) is 5.79. The molecule has 4 N–H and O–H groups in total. The minimum atomic E-state index is -1.20. The standard InChI is InChI=1S/C13H17N3O5S/c1-5-7(3)22-11(15-8(4)17)9(5)12(19)21-6(2)10(18)16-13(14)20/h6H,1-4H3,(H,15,17)(H3,14,16,18,20)/t6-/m1/s1. The van der Waals surface area contributed by atoms with Gasteiger partial charge in [0.25, 0.3) is 5.91 Å². The molecule has 0 aliphatic carbocycles. The zero-order valence-corrected chi connectivity index (χ0v) is 13.4. The smallest absolute Gasteiger partial charge is 0.342 e. The Kier molecular flexibility index (Phi) is 5.63. The lowest BCUT2D eigenvalue weighted by Crippen LogP contribution is -2.42. The number of rotatable bonds is 4. The second kappa shape index (κ2) is 7.03. The van der Waals surface area contributed by atoms with Crippen LogP contribution in [0.2, 0.25) is 0 Å². The Morgan fingerprint density at radius 2 is 1.82 bits per heavy atom. The fourth-order valence-corrected chi connectivity index (χ4v) is 2.71. The molecule has 4 amide bonds. The van der Waals surface area contributed by atoms with Crippen molar-refractivity contribution in [3.63, 3.8) is 0 Å². The molecule has 0 radical (unpaired) electrons. The molecule has 0 spiro atoms. The molecule has 0 saturated carbocycles. The van der Waals surface area contributed by atoms with Crippen LogP contribution < -0.4 is 16.4 Å². The van der Waals surface area contributed by atoms with E-state index in [4.69, 9.17) is 10.5 Å². The van der Waals surface area contributed by atoms with Crippen LogP contribution in [0.1, 0.15) is 34.6 Å². The Hall–Kier alpha value is -2.42. The topological polar surface area (TPSA) is 128 Å². The van der Waals surface area contributed by atoms with Gasteiger partial charge in [-0.05, 0) is 26.3 Å². The van der Waals surface area contributed by atoms with Gasteiger partial charge < -0.3 is 15.8 Å². The summed E-state index contributed by atoms with van der Waals surface area (Å²) >= 11 is 1.24. The number of anilines is 1. The van der Waals surface area contributed by atoms with Gasteiger partial charge in [0.1, 0.15) is 5.00 Å². The molecule has 8 nitrogen and oxygen atoms in total. The Morgan fingerprint density at radius 3 is 2.32 bits per heavy atom. The third-order valence-corrected chi connectivity index (χ3v) is 3.90. The molecule has 1 heterocycles. The van der Waals surface area contributed by atoms with Gasteiger partial charge in [0.05, 0.1) is 5.56 Å². The number of primary amides is 1. The number of thiophene rings is 1. The SMILES string of the molecule is CC(=O)Nc1sc(C)c(C)c1C(=O)O[C@H](C)C(=O)NC(N)=O. The first-order valence-electron chi connectivity index (χ1n) is 6.32. The molecule has 0 aromatic carbocycles. The lowest BCUT2D eigenvalue weighted by atomic mass is 10.1. The van der Waals surface area contributed by atoms with Gasteiger partial charge in [-0.2, -0.15) is 0 Å². The number of nitrogens with one attached hydrogen (secondary N) is 2. The van der Waals surface area contributed by atoms with Crippen LogP contribution in [-0.4, -0.2) is 29.9 Å². The molecule has 0 saturated heterocycles. The minimum absolute atomic E-state index is 0.191. The normalized spacial score (nSPS) is 11.5. The number of ether oxygens (including phenoxy) is 1. The summed E-state index contributed by atoms with van der Waals surface area (Å²) in [6.07, 6.45) is -1.20. The van der Waals surface area contributed by atoms with Crippen molar-refractivity contribution in [2.45, 2.75) is 33.8 Å². The Bertz CT molecular complexity index is 638. The van der Waals surface area contributed by atoms with Crippen molar-refractivity contribution in [3.8, 4) is 0 Å². The number of hydrogen-bond donors (Lipinski definition) is 3. The van der Waals surface area contributed by atoms with Crippen LogP contribution >= 0.6 is 11.3 Å². The summed E-state index contributed by atoms with van der Waals surface area (Å²) < 4.78 is 5.01. The van der Waals surface area contributed by atoms with E-state index in [0.29, 0.717) is 10.6 Å². The van der Waals surface area contributed by atoms with Crippen LogP contribution in [0.15, 0.2) is 0 Å². The first kappa shape index (κ1) is 17.6. The molecule has 0 fully saturated rings. The maximum absolute atomic E-state index is 12.2. The largest absolute Gasteiger partial charge is 0.449 e. The highest BCUT2D eigenvalue weighted by molar-refractivity contribution is 7.16. The molecule has 0 aliphatic heterocycles. The number of urea groups is 1. The van der Waals surface area contributed by atoms with Gasteiger partial charge in [-0.1, -0.05) is 0 Å². The average Bonchev–Trinajstić information content (AvgIpc) is 2.62. The van der Waals surface area contributed by atoms with E-state index in [2.05, 4.69) is 5.32 Å². The number of esters is 1. The number of carbonyl (C=O) groups is 4. The monoisotopic (exact) mass is 327 g/mol. The van der Waals surface area contributed by atoms with Crippen molar-refractivity contribution in [2.75, 3.05) is 5.32 Å². The number of amides is 4.